The van der Waals surface area contributed by atoms with Gasteiger partial charge in [0, 0.05) is 19.4 Å². The summed E-state index contributed by atoms with van der Waals surface area (Å²) in [6.07, 6.45) is 9.04. The Hall–Kier alpha value is -1.66. The van der Waals surface area contributed by atoms with Gasteiger partial charge in [-0.1, -0.05) is 38.3 Å². The number of carbonyl (C=O) groups is 1. The zero-order chi connectivity index (χ0) is 17.5. The van der Waals surface area contributed by atoms with E-state index in [2.05, 4.69) is 6.92 Å². The van der Waals surface area contributed by atoms with Crippen LogP contribution in [0.1, 0.15) is 43.7 Å². The van der Waals surface area contributed by atoms with Gasteiger partial charge >= 0.3 is 0 Å². The van der Waals surface area contributed by atoms with Crippen LogP contribution in [0.4, 0.5) is 0 Å². The molecular formula is C17H25NO4S. The number of hydrogen-bond donors (Lipinski definition) is 1. The fourth-order valence-corrected chi connectivity index (χ4v) is 3.15. The fraction of sp³-hybridized carbons (Fsp3) is 0.471. The van der Waals surface area contributed by atoms with Gasteiger partial charge in [0.05, 0.1) is 4.90 Å². The summed E-state index contributed by atoms with van der Waals surface area (Å²) in [6, 6.07) is 5.26. The summed E-state index contributed by atoms with van der Waals surface area (Å²) >= 11 is 0. The Labute approximate surface area is 138 Å². The van der Waals surface area contributed by atoms with Gasteiger partial charge in [-0.25, -0.2) is 13.5 Å². The number of carbonyl (C=O) groups excluding carboxylic acids is 1. The van der Waals surface area contributed by atoms with Gasteiger partial charge in [0.15, 0.2) is 9.84 Å². The number of amides is 1. The number of unbranched alkanes of at least 4 members (excludes halogenated alkanes) is 3. The molecule has 23 heavy (non-hydrogen) atoms. The second-order valence-corrected chi connectivity index (χ2v) is 7.63. The highest BCUT2D eigenvalue weighted by Crippen LogP contribution is 2.21. The van der Waals surface area contributed by atoms with Crippen LogP contribution in [-0.2, 0) is 21.1 Å². The maximum absolute atomic E-state index is 12.0. The van der Waals surface area contributed by atoms with Crippen molar-refractivity contribution in [3.8, 4) is 0 Å². The van der Waals surface area contributed by atoms with E-state index < -0.39 is 15.7 Å². The average molecular weight is 339 g/mol. The molecule has 0 aromatic heterocycles. The first-order valence-corrected chi connectivity index (χ1v) is 9.62. The number of nitrogens with zero attached hydrogens (tertiary/aromatic N) is 1. The third-order valence-corrected chi connectivity index (χ3v) is 4.67. The highest BCUT2D eigenvalue weighted by molar-refractivity contribution is 7.90. The van der Waals surface area contributed by atoms with Gasteiger partial charge in [-0.3, -0.25) is 10.0 Å². The number of hydroxylamine groups is 2. The van der Waals surface area contributed by atoms with Crippen molar-refractivity contribution in [1.29, 1.82) is 0 Å². The molecule has 0 saturated heterocycles. The number of likely N-dealkylation sites (N-methyl/N-ethyl adjacent to an activating group) is 1. The van der Waals surface area contributed by atoms with E-state index in [1.54, 1.807) is 12.1 Å². The molecule has 0 saturated carbocycles. The van der Waals surface area contributed by atoms with Crippen LogP contribution in [-0.4, -0.2) is 37.9 Å². The predicted octanol–water partition coefficient (Wildman–Crippen LogP) is 3.07. The smallest absolute Gasteiger partial charge is 0.269 e. The van der Waals surface area contributed by atoms with Gasteiger partial charge in [-0.05, 0) is 36.1 Å². The first kappa shape index (κ1) is 19.4. The maximum Gasteiger partial charge on any atom is 0.269 e. The van der Waals surface area contributed by atoms with Gasteiger partial charge in [0.1, 0.15) is 0 Å². The minimum Gasteiger partial charge on any atom is -0.286 e. The summed E-state index contributed by atoms with van der Waals surface area (Å²) in [5.74, 6) is -0.618. The lowest BCUT2D eigenvalue weighted by molar-refractivity contribution is -0.153. The summed E-state index contributed by atoms with van der Waals surface area (Å²) in [7, 11) is -2.19. The molecular weight excluding hydrogens is 314 g/mol. The number of hydrogen-bond acceptors (Lipinski definition) is 4. The molecule has 0 spiro atoms. The summed E-state index contributed by atoms with van der Waals surface area (Å²) in [5.41, 5.74) is 1.42. The van der Waals surface area contributed by atoms with Crippen LogP contribution in [0.15, 0.2) is 29.2 Å². The molecule has 0 aliphatic rings. The predicted molar refractivity (Wildman–Crippen MR) is 91.0 cm³/mol. The molecule has 0 bridgehead atoms. The molecule has 0 aliphatic carbocycles. The van der Waals surface area contributed by atoms with E-state index in [4.69, 9.17) is 5.21 Å². The van der Waals surface area contributed by atoms with E-state index in [0.29, 0.717) is 10.6 Å². The second kappa shape index (κ2) is 8.84. The summed E-state index contributed by atoms with van der Waals surface area (Å²) in [4.78, 5) is 11.6. The van der Waals surface area contributed by atoms with E-state index in [1.807, 2.05) is 6.07 Å². The van der Waals surface area contributed by atoms with Crippen molar-refractivity contribution < 1.29 is 18.4 Å². The quantitative estimate of drug-likeness (QED) is 0.342. The SMILES string of the molecule is CCCCCCc1ccc(/C=C/C(=O)N(C)O)c(S(C)(=O)=O)c1. The molecule has 0 heterocycles. The fourth-order valence-electron chi connectivity index (χ4n) is 2.22. The Morgan fingerprint density at radius 3 is 2.52 bits per heavy atom. The first-order chi connectivity index (χ1) is 10.8. The van der Waals surface area contributed by atoms with E-state index >= 15 is 0 Å². The van der Waals surface area contributed by atoms with Gasteiger partial charge in [-0.15, -0.1) is 0 Å². The average Bonchev–Trinajstić information content (AvgIpc) is 2.48. The second-order valence-electron chi connectivity index (χ2n) is 5.65. The summed E-state index contributed by atoms with van der Waals surface area (Å²) in [5, 5.41) is 9.47. The van der Waals surface area contributed by atoms with Crippen LogP contribution >= 0.6 is 0 Å². The topological polar surface area (TPSA) is 74.7 Å². The molecule has 6 heteroatoms. The van der Waals surface area contributed by atoms with Crippen molar-refractivity contribution in [2.24, 2.45) is 0 Å². The highest BCUT2D eigenvalue weighted by atomic mass is 32.2. The maximum atomic E-state index is 12.0. The van der Waals surface area contributed by atoms with Crippen LogP contribution in [0.25, 0.3) is 6.08 Å². The van der Waals surface area contributed by atoms with E-state index in [1.165, 1.54) is 19.5 Å². The molecule has 1 aromatic carbocycles. The Balaban J connectivity index is 3.01. The highest BCUT2D eigenvalue weighted by Gasteiger charge is 2.13. The van der Waals surface area contributed by atoms with Crippen molar-refractivity contribution in [1.82, 2.24) is 5.06 Å². The number of rotatable bonds is 8. The molecule has 1 N–H and O–H groups in total. The van der Waals surface area contributed by atoms with Crippen LogP contribution < -0.4 is 0 Å². The molecule has 0 atom stereocenters. The minimum atomic E-state index is -3.40. The lowest BCUT2D eigenvalue weighted by Crippen LogP contribution is -2.19. The van der Waals surface area contributed by atoms with Gasteiger partial charge in [-0.2, -0.15) is 0 Å². The zero-order valence-corrected chi connectivity index (χ0v) is 14.8. The normalized spacial score (nSPS) is 11.8. The van der Waals surface area contributed by atoms with Crippen molar-refractivity contribution >= 4 is 21.8 Å². The minimum absolute atomic E-state index is 0.204. The van der Waals surface area contributed by atoms with E-state index in [0.717, 1.165) is 43.6 Å². The monoisotopic (exact) mass is 339 g/mol. The molecule has 0 fully saturated rings. The van der Waals surface area contributed by atoms with Gasteiger partial charge in [0.25, 0.3) is 5.91 Å². The summed E-state index contributed by atoms with van der Waals surface area (Å²) < 4.78 is 24.0. The lowest BCUT2D eigenvalue weighted by atomic mass is 10.0. The molecule has 128 valence electrons. The number of sulfone groups is 1. The Morgan fingerprint density at radius 2 is 1.96 bits per heavy atom. The molecule has 1 rings (SSSR count). The van der Waals surface area contributed by atoms with E-state index in [-0.39, 0.29) is 4.90 Å². The molecule has 0 unspecified atom stereocenters. The molecule has 1 amide bonds. The number of benzene rings is 1. The lowest BCUT2D eigenvalue weighted by Gasteiger charge is -2.09. The largest absolute Gasteiger partial charge is 0.286 e. The first-order valence-electron chi connectivity index (χ1n) is 7.73. The van der Waals surface area contributed by atoms with Crippen LogP contribution in [0.2, 0.25) is 0 Å². The number of aryl methyl sites for hydroxylation is 1. The standard InChI is InChI=1S/C17H25NO4S/c1-4-5-6-7-8-14-9-10-15(11-12-17(19)18(2)20)16(13-14)23(3,21)22/h9-13,20H,4-8H2,1-3H3/b12-11+. The van der Waals surface area contributed by atoms with Crippen molar-refractivity contribution in [3.05, 3.63) is 35.4 Å². The molecule has 1 aromatic rings. The van der Waals surface area contributed by atoms with Crippen LogP contribution in [0.3, 0.4) is 0 Å². The van der Waals surface area contributed by atoms with E-state index in [9.17, 15) is 13.2 Å². The molecule has 5 nitrogen and oxygen atoms in total. The Kier molecular flexibility index (Phi) is 7.45. The summed E-state index contributed by atoms with van der Waals surface area (Å²) in [6.45, 7) is 2.15. The third-order valence-electron chi connectivity index (χ3n) is 3.52. The third kappa shape index (κ3) is 6.54. The van der Waals surface area contributed by atoms with Crippen LogP contribution in [0.5, 0.6) is 0 Å². The molecule has 0 radical (unpaired) electrons. The van der Waals surface area contributed by atoms with Crippen molar-refractivity contribution in [2.75, 3.05) is 13.3 Å². The Bertz CT molecular complexity index is 663. The van der Waals surface area contributed by atoms with Gasteiger partial charge < -0.3 is 0 Å². The van der Waals surface area contributed by atoms with Crippen molar-refractivity contribution in [2.45, 2.75) is 43.9 Å². The van der Waals surface area contributed by atoms with Crippen LogP contribution in [0, 0.1) is 0 Å². The zero-order valence-electron chi connectivity index (χ0n) is 13.9. The van der Waals surface area contributed by atoms with Gasteiger partial charge in [0.2, 0.25) is 0 Å². The molecule has 0 aliphatic heterocycles. The van der Waals surface area contributed by atoms with Crippen molar-refractivity contribution in [3.63, 3.8) is 0 Å². The Morgan fingerprint density at radius 1 is 1.26 bits per heavy atom.